The number of rotatable bonds is 8. The van der Waals surface area contributed by atoms with E-state index in [1.807, 2.05) is 43.7 Å². The van der Waals surface area contributed by atoms with Crippen LogP contribution in [0.25, 0.3) is 22.6 Å². The molecule has 0 saturated heterocycles. The molecule has 6 heteroatoms. The first kappa shape index (κ1) is 24.3. The quantitative estimate of drug-likeness (QED) is 0.224. The highest BCUT2D eigenvalue weighted by atomic mass is 19.1. The van der Waals surface area contributed by atoms with E-state index in [9.17, 15) is 0 Å². The molecular formula is C30H34FN5. The lowest BCUT2D eigenvalue weighted by Gasteiger charge is -2.34. The van der Waals surface area contributed by atoms with Crippen LogP contribution in [0.5, 0.6) is 0 Å². The molecule has 2 aliphatic carbocycles. The Hall–Kier alpha value is -3.38. The molecule has 0 spiro atoms. The lowest BCUT2D eigenvalue weighted by Crippen LogP contribution is -2.25. The van der Waals surface area contributed by atoms with Crippen molar-refractivity contribution in [2.45, 2.75) is 57.3 Å². The van der Waals surface area contributed by atoms with Crippen LogP contribution >= 0.6 is 0 Å². The first-order chi connectivity index (χ1) is 17.4. The van der Waals surface area contributed by atoms with Crippen molar-refractivity contribution in [2.24, 2.45) is 11.8 Å². The van der Waals surface area contributed by atoms with Crippen molar-refractivity contribution < 1.29 is 4.39 Å². The molecule has 2 aliphatic rings. The topological polar surface area (TPSA) is 67.9 Å². The standard InChI is InChI=1S/C30H34FN5/c1-4-7-20-12-13-24-28(23-8-5-6-9-26(23)31)34-30(22-14-15-33-27(17-22)21-10-11-21)35-29(24)25(20)16-19(2)18-36(3)32/h4-6,8-9,14-15,17-18,20-21,25H,1,7,10-13,16,32H2,2-3H3/b19-18+. The van der Waals surface area contributed by atoms with Crippen LogP contribution in [-0.2, 0) is 6.42 Å². The fraction of sp³-hybridized carbons (Fsp3) is 0.367. The highest BCUT2D eigenvalue weighted by Crippen LogP contribution is 2.45. The Kier molecular flexibility index (Phi) is 6.97. The third kappa shape index (κ3) is 5.09. The van der Waals surface area contributed by atoms with Crippen molar-refractivity contribution in [1.82, 2.24) is 20.0 Å². The van der Waals surface area contributed by atoms with Gasteiger partial charge in [-0.1, -0.05) is 23.8 Å². The van der Waals surface area contributed by atoms with Crippen molar-refractivity contribution in [2.75, 3.05) is 7.05 Å². The predicted octanol–water partition coefficient (Wildman–Crippen LogP) is 6.54. The number of benzene rings is 1. The Bertz CT molecular complexity index is 1290. The van der Waals surface area contributed by atoms with Crippen LogP contribution in [0.2, 0.25) is 0 Å². The summed E-state index contributed by atoms with van der Waals surface area (Å²) in [7, 11) is 1.83. The molecule has 36 heavy (non-hydrogen) atoms. The number of halogens is 1. The van der Waals surface area contributed by atoms with Gasteiger partial charge in [-0.15, -0.1) is 6.58 Å². The van der Waals surface area contributed by atoms with Crippen molar-refractivity contribution in [3.05, 3.63) is 89.8 Å². The zero-order valence-corrected chi connectivity index (χ0v) is 21.1. The first-order valence-electron chi connectivity index (χ1n) is 12.8. The second-order valence-corrected chi connectivity index (χ2v) is 10.3. The summed E-state index contributed by atoms with van der Waals surface area (Å²) in [6, 6.07) is 11.0. The summed E-state index contributed by atoms with van der Waals surface area (Å²) in [5.74, 6) is 7.38. The number of hydrogen-bond donors (Lipinski definition) is 1. The number of nitrogens with two attached hydrogens (primary N) is 1. The van der Waals surface area contributed by atoms with Gasteiger partial charge in [0.2, 0.25) is 0 Å². The summed E-state index contributed by atoms with van der Waals surface area (Å²) in [4.78, 5) is 14.8. The van der Waals surface area contributed by atoms with Crippen LogP contribution in [0.1, 0.15) is 67.8 Å². The third-order valence-corrected chi connectivity index (χ3v) is 7.32. The molecule has 0 radical (unpaired) electrons. The minimum Gasteiger partial charge on any atom is -0.321 e. The summed E-state index contributed by atoms with van der Waals surface area (Å²) >= 11 is 0. The van der Waals surface area contributed by atoms with Gasteiger partial charge >= 0.3 is 0 Å². The van der Waals surface area contributed by atoms with Crippen molar-refractivity contribution in [3.63, 3.8) is 0 Å². The van der Waals surface area contributed by atoms with E-state index in [4.69, 9.17) is 15.8 Å². The average molecular weight is 484 g/mol. The molecular weight excluding hydrogens is 449 g/mol. The fourth-order valence-corrected chi connectivity index (χ4v) is 5.51. The van der Waals surface area contributed by atoms with E-state index in [1.54, 1.807) is 11.1 Å². The van der Waals surface area contributed by atoms with Crippen LogP contribution in [0.4, 0.5) is 4.39 Å². The van der Waals surface area contributed by atoms with Crippen LogP contribution in [0.3, 0.4) is 0 Å². The molecule has 5 nitrogen and oxygen atoms in total. The summed E-state index contributed by atoms with van der Waals surface area (Å²) in [5, 5.41) is 1.59. The van der Waals surface area contributed by atoms with E-state index < -0.39 is 0 Å². The highest BCUT2D eigenvalue weighted by molar-refractivity contribution is 5.69. The summed E-state index contributed by atoms with van der Waals surface area (Å²) in [6.45, 7) is 6.12. The summed E-state index contributed by atoms with van der Waals surface area (Å²) < 4.78 is 15.1. The molecule has 1 saturated carbocycles. The molecule has 2 atom stereocenters. The van der Waals surface area contributed by atoms with Crippen molar-refractivity contribution >= 4 is 0 Å². The van der Waals surface area contributed by atoms with Crippen molar-refractivity contribution in [1.29, 1.82) is 0 Å². The first-order valence-corrected chi connectivity index (χ1v) is 12.8. The Morgan fingerprint density at radius 3 is 2.72 bits per heavy atom. The molecule has 0 aliphatic heterocycles. The van der Waals surface area contributed by atoms with Gasteiger partial charge in [-0.25, -0.2) is 20.2 Å². The highest BCUT2D eigenvalue weighted by Gasteiger charge is 2.34. The van der Waals surface area contributed by atoms with Crippen LogP contribution in [0.15, 0.2) is 67.0 Å². The Labute approximate surface area is 213 Å². The van der Waals surface area contributed by atoms with Gasteiger partial charge in [-0.2, -0.15) is 0 Å². The van der Waals surface area contributed by atoms with E-state index in [1.165, 1.54) is 24.5 Å². The number of hydrazine groups is 1. The van der Waals surface area contributed by atoms with Gasteiger partial charge in [0, 0.05) is 53.7 Å². The number of aromatic nitrogens is 3. The molecule has 2 unspecified atom stereocenters. The lowest BCUT2D eigenvalue weighted by molar-refractivity contribution is 0.361. The number of nitrogens with zero attached hydrogens (tertiary/aromatic N) is 4. The maximum atomic E-state index is 15.1. The fourth-order valence-electron chi connectivity index (χ4n) is 5.51. The second-order valence-electron chi connectivity index (χ2n) is 10.3. The maximum absolute atomic E-state index is 15.1. The molecule has 2 aromatic heterocycles. The predicted molar refractivity (Wildman–Crippen MR) is 142 cm³/mol. The van der Waals surface area contributed by atoms with Crippen molar-refractivity contribution in [3.8, 4) is 22.6 Å². The molecule has 5 rings (SSSR count). The minimum atomic E-state index is -0.261. The van der Waals surface area contributed by atoms with Gasteiger partial charge in [-0.05, 0) is 75.6 Å². The number of hydrogen-bond acceptors (Lipinski definition) is 5. The van der Waals surface area contributed by atoms with E-state index in [2.05, 4.69) is 24.6 Å². The molecule has 1 fully saturated rings. The number of allylic oxidation sites excluding steroid dienone is 2. The van der Waals surface area contributed by atoms with Gasteiger partial charge in [-0.3, -0.25) is 4.98 Å². The van der Waals surface area contributed by atoms with Crippen LogP contribution in [-0.4, -0.2) is 27.0 Å². The number of pyridine rings is 1. The van der Waals surface area contributed by atoms with E-state index in [-0.39, 0.29) is 11.7 Å². The minimum absolute atomic E-state index is 0.167. The molecule has 0 bridgehead atoms. The molecule has 2 heterocycles. The Morgan fingerprint density at radius 1 is 1.19 bits per heavy atom. The van der Waals surface area contributed by atoms with Gasteiger partial charge < -0.3 is 5.01 Å². The summed E-state index contributed by atoms with van der Waals surface area (Å²) in [6.07, 6.45) is 11.7. The molecule has 3 aromatic rings. The van der Waals surface area contributed by atoms with Crippen LogP contribution < -0.4 is 5.84 Å². The van der Waals surface area contributed by atoms with Gasteiger partial charge in [0.15, 0.2) is 5.82 Å². The van der Waals surface area contributed by atoms with Gasteiger partial charge in [0.05, 0.1) is 11.4 Å². The van der Waals surface area contributed by atoms with E-state index >= 15 is 4.39 Å². The largest absolute Gasteiger partial charge is 0.321 e. The smallest absolute Gasteiger partial charge is 0.160 e. The van der Waals surface area contributed by atoms with Gasteiger partial charge in [0.1, 0.15) is 5.82 Å². The second kappa shape index (κ2) is 10.3. The van der Waals surface area contributed by atoms with Gasteiger partial charge in [0.25, 0.3) is 0 Å². The normalized spacial score (nSPS) is 19.6. The maximum Gasteiger partial charge on any atom is 0.160 e. The average Bonchev–Trinajstić information content (AvgIpc) is 3.71. The zero-order chi connectivity index (χ0) is 25.2. The van der Waals surface area contributed by atoms with E-state index in [0.717, 1.165) is 48.2 Å². The van der Waals surface area contributed by atoms with E-state index in [0.29, 0.717) is 28.9 Å². The third-order valence-electron chi connectivity index (χ3n) is 7.32. The Morgan fingerprint density at radius 2 is 2.00 bits per heavy atom. The monoisotopic (exact) mass is 483 g/mol. The SMILES string of the molecule is C=CCC1CCc2c(-c3ccccc3F)nc(-c3ccnc(C4CC4)c3)nc2C1C/C(C)=C/N(C)N. The molecule has 2 N–H and O–H groups in total. The number of fused-ring (bicyclic) bond motifs is 1. The zero-order valence-electron chi connectivity index (χ0n) is 21.1. The molecule has 186 valence electrons. The lowest BCUT2D eigenvalue weighted by atomic mass is 9.72. The Balaban J connectivity index is 1.69. The molecule has 1 aromatic carbocycles. The van der Waals surface area contributed by atoms with Crippen LogP contribution in [0, 0.1) is 11.7 Å². The summed E-state index contributed by atoms with van der Waals surface area (Å²) in [5.41, 5.74) is 6.52. The molecule has 0 amide bonds.